The average Bonchev–Trinajstić information content (AvgIpc) is 2.58. The molecule has 2 amide bonds. The predicted molar refractivity (Wildman–Crippen MR) is 105 cm³/mol. The molecule has 0 saturated carbocycles. The first kappa shape index (κ1) is 20.3. The van der Waals surface area contributed by atoms with Gasteiger partial charge in [0.25, 0.3) is 11.8 Å². The maximum absolute atomic E-state index is 11.8. The van der Waals surface area contributed by atoms with Gasteiger partial charge in [0.2, 0.25) is 0 Å². The lowest BCUT2D eigenvalue weighted by atomic mass is 10.1. The molecule has 0 saturated heterocycles. The van der Waals surface area contributed by atoms with Crippen molar-refractivity contribution >= 4 is 43.7 Å². The largest absolute Gasteiger partial charge is 0.484 e. The van der Waals surface area contributed by atoms with Gasteiger partial charge in [-0.3, -0.25) is 20.4 Å². The van der Waals surface area contributed by atoms with Gasteiger partial charge in [0, 0.05) is 8.95 Å². The van der Waals surface area contributed by atoms with Gasteiger partial charge >= 0.3 is 0 Å². The number of nitrogens with one attached hydrogen (secondary N) is 2. The molecule has 2 N–H and O–H groups in total. The minimum atomic E-state index is -0.475. The fourth-order valence-electron chi connectivity index (χ4n) is 2.15. The molecule has 0 fully saturated rings. The Balaban J connectivity index is 1.73. The highest BCUT2D eigenvalue weighted by atomic mass is 79.9. The van der Waals surface area contributed by atoms with Crippen molar-refractivity contribution in [3.05, 3.63) is 56.5 Å². The number of aryl methyl sites for hydroxylation is 2. The summed E-state index contributed by atoms with van der Waals surface area (Å²) in [6.07, 6.45) is 0. The normalized spacial score (nSPS) is 10.2. The number of carbonyl (C=O) groups excluding carboxylic acids is 2. The van der Waals surface area contributed by atoms with Crippen molar-refractivity contribution in [2.24, 2.45) is 0 Å². The van der Waals surface area contributed by atoms with Crippen LogP contribution in [0.1, 0.15) is 11.1 Å². The Labute approximate surface area is 168 Å². The monoisotopic (exact) mass is 484 g/mol. The van der Waals surface area contributed by atoms with Crippen LogP contribution in [0.15, 0.2) is 45.3 Å². The van der Waals surface area contributed by atoms with Crippen LogP contribution in [0.5, 0.6) is 11.5 Å². The van der Waals surface area contributed by atoms with Crippen LogP contribution in [0.4, 0.5) is 0 Å². The molecule has 6 nitrogen and oxygen atoms in total. The van der Waals surface area contributed by atoms with E-state index in [4.69, 9.17) is 9.47 Å². The van der Waals surface area contributed by atoms with Crippen molar-refractivity contribution in [1.29, 1.82) is 0 Å². The number of rotatable bonds is 6. The summed E-state index contributed by atoms with van der Waals surface area (Å²) in [5, 5.41) is 0. The molecule has 0 aromatic heterocycles. The molecule has 0 bridgehead atoms. The number of benzene rings is 2. The SMILES string of the molecule is Cc1cc(Br)cc(C)c1OCC(=O)NNC(=O)COc1ccc(Br)cc1. The van der Waals surface area contributed by atoms with Crippen LogP contribution in [-0.4, -0.2) is 25.0 Å². The summed E-state index contributed by atoms with van der Waals surface area (Å²) in [6, 6.07) is 10.9. The highest BCUT2D eigenvalue weighted by molar-refractivity contribution is 9.10. The molecule has 0 unspecified atom stereocenters. The van der Waals surface area contributed by atoms with E-state index in [1.54, 1.807) is 24.3 Å². The Morgan fingerprint density at radius 2 is 1.35 bits per heavy atom. The first-order chi connectivity index (χ1) is 12.3. The number of hydrazine groups is 1. The van der Waals surface area contributed by atoms with Gasteiger partial charge in [-0.15, -0.1) is 0 Å². The Bertz CT molecular complexity index is 771. The van der Waals surface area contributed by atoms with Gasteiger partial charge < -0.3 is 9.47 Å². The van der Waals surface area contributed by atoms with Crippen LogP contribution in [-0.2, 0) is 9.59 Å². The first-order valence-corrected chi connectivity index (χ1v) is 9.29. The van der Waals surface area contributed by atoms with Crippen molar-refractivity contribution in [3.8, 4) is 11.5 Å². The maximum Gasteiger partial charge on any atom is 0.276 e. The van der Waals surface area contributed by atoms with Gasteiger partial charge in [-0.25, -0.2) is 0 Å². The molecule has 2 rings (SSSR count). The number of hydrogen-bond donors (Lipinski definition) is 2. The number of halogens is 2. The van der Waals surface area contributed by atoms with E-state index in [9.17, 15) is 9.59 Å². The van der Waals surface area contributed by atoms with Gasteiger partial charge in [0.1, 0.15) is 11.5 Å². The lowest BCUT2D eigenvalue weighted by molar-refractivity contribution is -0.131. The summed E-state index contributed by atoms with van der Waals surface area (Å²) in [6.45, 7) is 3.36. The Morgan fingerprint density at radius 3 is 1.88 bits per heavy atom. The summed E-state index contributed by atoms with van der Waals surface area (Å²) in [5.41, 5.74) is 6.39. The molecule has 138 valence electrons. The van der Waals surface area contributed by atoms with Gasteiger partial charge in [0.05, 0.1) is 0 Å². The van der Waals surface area contributed by atoms with Crippen LogP contribution < -0.4 is 20.3 Å². The van der Waals surface area contributed by atoms with Crippen LogP contribution in [0.2, 0.25) is 0 Å². The van der Waals surface area contributed by atoms with Crippen molar-refractivity contribution in [2.45, 2.75) is 13.8 Å². The highest BCUT2D eigenvalue weighted by Gasteiger charge is 2.10. The summed E-state index contributed by atoms with van der Waals surface area (Å²) in [4.78, 5) is 23.5. The average molecular weight is 486 g/mol. The second-order valence-corrected chi connectivity index (χ2v) is 7.33. The maximum atomic E-state index is 11.8. The highest BCUT2D eigenvalue weighted by Crippen LogP contribution is 2.27. The summed E-state index contributed by atoms with van der Waals surface area (Å²) in [5.74, 6) is 0.258. The molecule has 0 aliphatic heterocycles. The molecule has 2 aromatic carbocycles. The van der Waals surface area contributed by atoms with E-state index in [1.165, 1.54) is 0 Å². The van der Waals surface area contributed by atoms with E-state index < -0.39 is 11.8 Å². The zero-order chi connectivity index (χ0) is 19.1. The molecule has 8 heteroatoms. The second-order valence-electron chi connectivity index (χ2n) is 5.50. The molecule has 0 aliphatic carbocycles. The van der Waals surface area contributed by atoms with Crippen molar-refractivity contribution < 1.29 is 19.1 Å². The van der Waals surface area contributed by atoms with Crippen molar-refractivity contribution in [2.75, 3.05) is 13.2 Å². The number of amides is 2. The van der Waals surface area contributed by atoms with Crippen LogP contribution in [0.3, 0.4) is 0 Å². The number of carbonyl (C=O) groups is 2. The lowest BCUT2D eigenvalue weighted by Gasteiger charge is -2.13. The fourth-order valence-corrected chi connectivity index (χ4v) is 3.11. The molecule has 0 spiro atoms. The van der Waals surface area contributed by atoms with Gasteiger partial charge in [-0.05, 0) is 61.4 Å². The van der Waals surface area contributed by atoms with Gasteiger partial charge in [0.15, 0.2) is 13.2 Å². The van der Waals surface area contributed by atoms with Gasteiger partial charge in [-0.2, -0.15) is 0 Å². The minimum absolute atomic E-state index is 0.211. The first-order valence-electron chi connectivity index (χ1n) is 7.70. The minimum Gasteiger partial charge on any atom is -0.484 e. The van der Waals surface area contributed by atoms with E-state index in [-0.39, 0.29) is 13.2 Å². The number of ether oxygens (including phenoxy) is 2. The molecule has 0 heterocycles. The molecular weight excluding hydrogens is 468 g/mol. The number of hydrogen-bond acceptors (Lipinski definition) is 4. The summed E-state index contributed by atoms with van der Waals surface area (Å²) >= 11 is 6.72. The second kappa shape index (κ2) is 9.59. The molecule has 26 heavy (non-hydrogen) atoms. The third kappa shape index (κ3) is 6.34. The topological polar surface area (TPSA) is 76.7 Å². The van der Waals surface area contributed by atoms with Crippen LogP contribution in [0, 0.1) is 13.8 Å². The molecule has 0 aliphatic rings. The molecule has 2 aromatic rings. The van der Waals surface area contributed by atoms with E-state index in [0.29, 0.717) is 11.5 Å². The van der Waals surface area contributed by atoms with Crippen molar-refractivity contribution in [1.82, 2.24) is 10.9 Å². The Hall–Kier alpha value is -2.06. The van der Waals surface area contributed by atoms with E-state index >= 15 is 0 Å². The third-order valence-electron chi connectivity index (χ3n) is 3.30. The smallest absolute Gasteiger partial charge is 0.276 e. The third-order valence-corrected chi connectivity index (χ3v) is 4.28. The van der Waals surface area contributed by atoms with E-state index in [1.807, 2.05) is 26.0 Å². The van der Waals surface area contributed by atoms with Gasteiger partial charge in [-0.1, -0.05) is 31.9 Å². The fraction of sp³-hybridized carbons (Fsp3) is 0.222. The van der Waals surface area contributed by atoms with Crippen molar-refractivity contribution in [3.63, 3.8) is 0 Å². The van der Waals surface area contributed by atoms with Crippen LogP contribution >= 0.6 is 31.9 Å². The molecular formula is C18H18Br2N2O4. The lowest BCUT2D eigenvalue weighted by Crippen LogP contribution is -2.45. The predicted octanol–water partition coefficient (Wildman–Crippen LogP) is 3.43. The van der Waals surface area contributed by atoms with E-state index in [0.717, 1.165) is 20.1 Å². The zero-order valence-electron chi connectivity index (χ0n) is 14.3. The molecule has 0 atom stereocenters. The van der Waals surface area contributed by atoms with E-state index in [2.05, 4.69) is 42.7 Å². The standard InChI is InChI=1S/C18H18Br2N2O4/c1-11-7-14(20)8-12(2)18(11)26-10-17(24)22-21-16(23)9-25-15-5-3-13(19)4-6-15/h3-8H,9-10H2,1-2H3,(H,21,23)(H,22,24). The summed E-state index contributed by atoms with van der Waals surface area (Å²) in [7, 11) is 0. The Kier molecular flexibility index (Phi) is 7.47. The Morgan fingerprint density at radius 1 is 0.846 bits per heavy atom. The summed E-state index contributed by atoms with van der Waals surface area (Å²) < 4.78 is 12.7. The zero-order valence-corrected chi connectivity index (χ0v) is 17.4. The quantitative estimate of drug-likeness (QED) is 0.614. The van der Waals surface area contributed by atoms with Crippen LogP contribution in [0.25, 0.3) is 0 Å². The molecule has 0 radical (unpaired) electrons.